The Bertz CT molecular complexity index is 666. The van der Waals surface area contributed by atoms with Crippen LogP contribution in [0.4, 0.5) is 13.2 Å². The Kier molecular flexibility index (Phi) is 3.57. The van der Waals surface area contributed by atoms with Gasteiger partial charge in [-0.1, -0.05) is 6.07 Å². The molecule has 6 heteroatoms. The summed E-state index contributed by atoms with van der Waals surface area (Å²) in [5.74, 6) is 0.0159. The van der Waals surface area contributed by atoms with Gasteiger partial charge in [0.2, 0.25) is 5.78 Å². The van der Waals surface area contributed by atoms with Crippen LogP contribution in [0.25, 0.3) is 0 Å². The van der Waals surface area contributed by atoms with Crippen molar-refractivity contribution >= 4 is 5.78 Å². The van der Waals surface area contributed by atoms with E-state index in [4.69, 9.17) is 0 Å². The number of benzene rings is 1. The highest BCUT2D eigenvalue weighted by Gasteiger charge is 2.31. The third-order valence-electron chi connectivity index (χ3n) is 2.81. The van der Waals surface area contributed by atoms with Gasteiger partial charge in [-0.25, -0.2) is 9.97 Å². The summed E-state index contributed by atoms with van der Waals surface area (Å²) in [6.07, 6.45) is -2.98. The molecule has 0 fully saturated rings. The van der Waals surface area contributed by atoms with Crippen LogP contribution in [0.15, 0.2) is 30.5 Å². The predicted molar refractivity (Wildman–Crippen MR) is 66.4 cm³/mol. The van der Waals surface area contributed by atoms with Crippen molar-refractivity contribution in [3.63, 3.8) is 0 Å². The number of rotatable bonds is 2. The molecule has 0 radical (unpaired) electrons. The van der Waals surface area contributed by atoms with Crippen LogP contribution in [0.2, 0.25) is 0 Å². The molecule has 0 N–H and O–H groups in total. The van der Waals surface area contributed by atoms with Crippen LogP contribution >= 0.6 is 0 Å². The minimum Gasteiger partial charge on any atom is -0.287 e. The van der Waals surface area contributed by atoms with Gasteiger partial charge in [0.15, 0.2) is 0 Å². The first-order chi connectivity index (χ1) is 9.29. The standard InChI is InChI=1S/C14H11F3N2O/c1-8-7-10(14(15,16)17)3-4-11(8)13(20)12-5-6-18-9(2)19-12/h3-7H,1-2H3. The van der Waals surface area contributed by atoms with Gasteiger partial charge in [0.25, 0.3) is 0 Å². The zero-order valence-corrected chi connectivity index (χ0v) is 10.8. The fourth-order valence-corrected chi connectivity index (χ4v) is 1.82. The van der Waals surface area contributed by atoms with E-state index in [1.54, 1.807) is 6.92 Å². The van der Waals surface area contributed by atoms with E-state index < -0.39 is 17.5 Å². The van der Waals surface area contributed by atoms with Gasteiger partial charge in [-0.15, -0.1) is 0 Å². The lowest BCUT2D eigenvalue weighted by Gasteiger charge is -2.10. The van der Waals surface area contributed by atoms with E-state index in [1.807, 2.05) is 0 Å². The third kappa shape index (κ3) is 2.84. The Morgan fingerprint density at radius 2 is 1.85 bits per heavy atom. The van der Waals surface area contributed by atoms with Crippen molar-refractivity contribution in [1.82, 2.24) is 9.97 Å². The number of alkyl halides is 3. The predicted octanol–water partition coefficient (Wildman–Crippen LogP) is 3.34. The number of hydrogen-bond acceptors (Lipinski definition) is 3. The average Bonchev–Trinajstić information content (AvgIpc) is 2.36. The molecule has 0 amide bonds. The van der Waals surface area contributed by atoms with Gasteiger partial charge in [-0.3, -0.25) is 4.79 Å². The number of carbonyl (C=O) groups is 1. The number of ketones is 1. The largest absolute Gasteiger partial charge is 0.416 e. The van der Waals surface area contributed by atoms with Gasteiger partial charge in [-0.05, 0) is 37.6 Å². The van der Waals surface area contributed by atoms with E-state index in [0.29, 0.717) is 5.82 Å². The molecule has 20 heavy (non-hydrogen) atoms. The number of halogens is 3. The highest BCUT2D eigenvalue weighted by Crippen LogP contribution is 2.30. The van der Waals surface area contributed by atoms with Crippen LogP contribution in [-0.4, -0.2) is 15.8 Å². The van der Waals surface area contributed by atoms with E-state index in [-0.39, 0.29) is 16.8 Å². The number of nitrogens with zero attached hydrogens (tertiary/aromatic N) is 2. The zero-order chi connectivity index (χ0) is 14.9. The second-order valence-electron chi connectivity index (χ2n) is 4.35. The zero-order valence-electron chi connectivity index (χ0n) is 10.8. The fraction of sp³-hybridized carbons (Fsp3) is 0.214. The maximum absolute atomic E-state index is 12.6. The molecule has 2 aromatic rings. The first kappa shape index (κ1) is 14.2. The molecule has 0 spiro atoms. The van der Waals surface area contributed by atoms with Crippen LogP contribution in [-0.2, 0) is 6.18 Å². The van der Waals surface area contributed by atoms with Crippen molar-refractivity contribution in [2.75, 3.05) is 0 Å². The monoisotopic (exact) mass is 280 g/mol. The van der Waals surface area contributed by atoms with E-state index in [9.17, 15) is 18.0 Å². The Morgan fingerprint density at radius 3 is 2.40 bits per heavy atom. The Hall–Kier alpha value is -2.24. The highest BCUT2D eigenvalue weighted by atomic mass is 19.4. The van der Waals surface area contributed by atoms with Crippen LogP contribution in [0.1, 0.15) is 33.0 Å². The van der Waals surface area contributed by atoms with Gasteiger partial charge in [0.1, 0.15) is 11.5 Å². The number of aromatic nitrogens is 2. The quantitative estimate of drug-likeness (QED) is 0.792. The van der Waals surface area contributed by atoms with E-state index >= 15 is 0 Å². The van der Waals surface area contributed by atoms with E-state index in [2.05, 4.69) is 9.97 Å². The summed E-state index contributed by atoms with van der Waals surface area (Å²) in [5, 5.41) is 0. The maximum Gasteiger partial charge on any atom is 0.416 e. The number of hydrogen-bond donors (Lipinski definition) is 0. The third-order valence-corrected chi connectivity index (χ3v) is 2.81. The first-order valence-electron chi connectivity index (χ1n) is 5.81. The molecule has 0 aliphatic heterocycles. The molecule has 0 aliphatic rings. The lowest BCUT2D eigenvalue weighted by molar-refractivity contribution is -0.137. The lowest BCUT2D eigenvalue weighted by atomic mass is 10.00. The first-order valence-corrected chi connectivity index (χ1v) is 5.81. The number of carbonyl (C=O) groups excluding carboxylic acids is 1. The van der Waals surface area contributed by atoms with Gasteiger partial charge in [-0.2, -0.15) is 13.2 Å². The maximum atomic E-state index is 12.6. The minimum absolute atomic E-state index is 0.167. The summed E-state index contributed by atoms with van der Waals surface area (Å²) >= 11 is 0. The SMILES string of the molecule is Cc1nccc(C(=O)c2ccc(C(F)(F)F)cc2C)n1. The van der Waals surface area contributed by atoms with Gasteiger partial charge >= 0.3 is 6.18 Å². The molecule has 1 heterocycles. The topological polar surface area (TPSA) is 42.9 Å². The molecular formula is C14H11F3N2O. The van der Waals surface area contributed by atoms with Crippen LogP contribution < -0.4 is 0 Å². The molecule has 0 bridgehead atoms. The van der Waals surface area contributed by atoms with Crippen molar-refractivity contribution in [3.8, 4) is 0 Å². The smallest absolute Gasteiger partial charge is 0.287 e. The Morgan fingerprint density at radius 1 is 1.15 bits per heavy atom. The van der Waals surface area contributed by atoms with Crippen LogP contribution in [0.5, 0.6) is 0 Å². The molecule has 0 unspecified atom stereocenters. The van der Waals surface area contributed by atoms with Gasteiger partial charge in [0.05, 0.1) is 5.56 Å². The summed E-state index contributed by atoms with van der Waals surface area (Å²) in [7, 11) is 0. The molecule has 1 aromatic heterocycles. The molecule has 0 atom stereocenters. The van der Waals surface area contributed by atoms with Gasteiger partial charge < -0.3 is 0 Å². The van der Waals surface area contributed by atoms with Crippen molar-refractivity contribution in [2.45, 2.75) is 20.0 Å². The van der Waals surface area contributed by atoms with Crippen LogP contribution in [0.3, 0.4) is 0 Å². The minimum atomic E-state index is -4.42. The summed E-state index contributed by atoms with van der Waals surface area (Å²) in [5.41, 5.74) is -0.136. The Labute approximate surface area is 113 Å². The summed E-state index contributed by atoms with van der Waals surface area (Å²) < 4.78 is 37.7. The van der Waals surface area contributed by atoms with Crippen molar-refractivity contribution in [2.24, 2.45) is 0 Å². The van der Waals surface area contributed by atoms with Crippen molar-refractivity contribution in [3.05, 3.63) is 58.7 Å². The molecule has 104 valence electrons. The molecule has 0 aliphatic carbocycles. The second-order valence-corrected chi connectivity index (χ2v) is 4.35. The normalized spacial score (nSPS) is 11.4. The lowest BCUT2D eigenvalue weighted by Crippen LogP contribution is -2.10. The molecular weight excluding hydrogens is 269 g/mol. The summed E-state index contributed by atoms with van der Waals surface area (Å²) in [6, 6.07) is 4.47. The second kappa shape index (κ2) is 5.03. The fourth-order valence-electron chi connectivity index (χ4n) is 1.82. The van der Waals surface area contributed by atoms with Crippen molar-refractivity contribution in [1.29, 1.82) is 0 Å². The summed E-state index contributed by atoms with van der Waals surface area (Å²) in [4.78, 5) is 20.1. The summed E-state index contributed by atoms with van der Waals surface area (Å²) in [6.45, 7) is 3.10. The molecule has 0 saturated carbocycles. The molecule has 0 saturated heterocycles. The number of aryl methyl sites for hydroxylation is 2. The highest BCUT2D eigenvalue weighted by molar-refractivity contribution is 6.08. The average molecular weight is 280 g/mol. The Balaban J connectivity index is 2.41. The van der Waals surface area contributed by atoms with E-state index in [1.165, 1.54) is 25.3 Å². The molecule has 1 aromatic carbocycles. The van der Waals surface area contributed by atoms with Gasteiger partial charge in [0, 0.05) is 11.8 Å². The van der Waals surface area contributed by atoms with Crippen LogP contribution in [0, 0.1) is 13.8 Å². The van der Waals surface area contributed by atoms with Crippen molar-refractivity contribution < 1.29 is 18.0 Å². The molecule has 2 rings (SSSR count). The molecule has 3 nitrogen and oxygen atoms in total. The van der Waals surface area contributed by atoms with E-state index in [0.717, 1.165) is 12.1 Å².